The van der Waals surface area contributed by atoms with Crippen molar-refractivity contribution in [1.29, 1.82) is 0 Å². The van der Waals surface area contributed by atoms with Crippen molar-refractivity contribution in [3.05, 3.63) is 47.5 Å². The molecular formula is C18H14N4O4S. The van der Waals surface area contributed by atoms with Gasteiger partial charge in [0.2, 0.25) is 5.88 Å². The van der Waals surface area contributed by atoms with Gasteiger partial charge < -0.3 is 13.9 Å². The van der Waals surface area contributed by atoms with Gasteiger partial charge in [0.25, 0.3) is 5.91 Å². The van der Waals surface area contributed by atoms with Crippen LogP contribution >= 0.6 is 11.3 Å². The van der Waals surface area contributed by atoms with Crippen LogP contribution in [0.15, 0.2) is 46.2 Å². The Hall–Kier alpha value is -3.46. The van der Waals surface area contributed by atoms with Gasteiger partial charge in [0.1, 0.15) is 17.0 Å². The molecule has 9 heteroatoms. The van der Waals surface area contributed by atoms with Gasteiger partial charge in [-0.05, 0) is 12.1 Å². The number of fused-ring (bicyclic) bond motifs is 1. The third-order valence-electron chi connectivity index (χ3n) is 3.71. The SMILES string of the molecule is COc1cc(C(=O)Nc2nc(-c3cc4ccccc4o3)cs2)nc(OC)n1. The monoisotopic (exact) mass is 382 g/mol. The minimum Gasteiger partial charge on any atom is -0.481 e. The Labute approximate surface area is 157 Å². The van der Waals surface area contributed by atoms with Crippen molar-refractivity contribution < 1.29 is 18.7 Å². The molecule has 0 unspecified atom stereocenters. The summed E-state index contributed by atoms with van der Waals surface area (Å²) in [6, 6.07) is 11.1. The van der Waals surface area contributed by atoms with E-state index in [4.69, 9.17) is 13.9 Å². The Morgan fingerprint density at radius 1 is 1.11 bits per heavy atom. The maximum Gasteiger partial charge on any atom is 0.320 e. The Morgan fingerprint density at radius 2 is 1.96 bits per heavy atom. The van der Waals surface area contributed by atoms with Crippen molar-refractivity contribution >= 4 is 33.3 Å². The number of nitrogens with one attached hydrogen (secondary N) is 1. The van der Waals surface area contributed by atoms with E-state index in [2.05, 4.69) is 20.3 Å². The van der Waals surface area contributed by atoms with Gasteiger partial charge in [0.05, 0.1) is 14.2 Å². The molecule has 3 aromatic heterocycles. The molecule has 0 atom stereocenters. The van der Waals surface area contributed by atoms with E-state index in [0.717, 1.165) is 11.0 Å². The van der Waals surface area contributed by atoms with E-state index < -0.39 is 5.91 Å². The summed E-state index contributed by atoms with van der Waals surface area (Å²) in [5.41, 5.74) is 1.54. The first kappa shape index (κ1) is 17.0. The predicted molar refractivity (Wildman–Crippen MR) is 100 cm³/mol. The molecule has 3 heterocycles. The Kier molecular flexibility index (Phi) is 4.43. The maximum absolute atomic E-state index is 12.5. The maximum atomic E-state index is 12.5. The van der Waals surface area contributed by atoms with Crippen LogP contribution in [0.2, 0.25) is 0 Å². The lowest BCUT2D eigenvalue weighted by Crippen LogP contribution is -2.14. The highest BCUT2D eigenvalue weighted by molar-refractivity contribution is 7.14. The summed E-state index contributed by atoms with van der Waals surface area (Å²) in [5, 5.41) is 5.94. The van der Waals surface area contributed by atoms with E-state index >= 15 is 0 Å². The summed E-state index contributed by atoms with van der Waals surface area (Å²) in [6.07, 6.45) is 0. The molecule has 0 radical (unpaired) electrons. The number of carbonyl (C=O) groups excluding carboxylic acids is 1. The molecule has 0 saturated heterocycles. The van der Waals surface area contributed by atoms with Crippen molar-refractivity contribution in [2.45, 2.75) is 0 Å². The third-order valence-corrected chi connectivity index (χ3v) is 4.47. The number of anilines is 1. The average Bonchev–Trinajstić information content (AvgIpc) is 3.34. The summed E-state index contributed by atoms with van der Waals surface area (Å²) < 4.78 is 15.8. The van der Waals surface area contributed by atoms with Gasteiger partial charge in [-0.25, -0.2) is 4.98 Å². The predicted octanol–water partition coefficient (Wildman–Crippen LogP) is 3.62. The number of rotatable bonds is 5. The smallest absolute Gasteiger partial charge is 0.320 e. The van der Waals surface area contributed by atoms with Gasteiger partial charge in [-0.1, -0.05) is 18.2 Å². The van der Waals surface area contributed by atoms with Crippen molar-refractivity contribution in [2.24, 2.45) is 0 Å². The third kappa shape index (κ3) is 3.44. The molecule has 0 fully saturated rings. The minimum atomic E-state index is -0.445. The van der Waals surface area contributed by atoms with Crippen LogP contribution in [0.3, 0.4) is 0 Å². The van der Waals surface area contributed by atoms with Gasteiger partial charge in [-0.3, -0.25) is 10.1 Å². The molecule has 1 aromatic carbocycles. The second-order valence-corrected chi connectivity index (χ2v) is 6.28. The molecule has 0 aliphatic carbocycles. The molecule has 0 bridgehead atoms. The summed E-state index contributed by atoms with van der Waals surface area (Å²) in [6.45, 7) is 0. The zero-order valence-electron chi connectivity index (χ0n) is 14.4. The van der Waals surface area contributed by atoms with Crippen LogP contribution in [0.1, 0.15) is 10.5 Å². The molecule has 0 aliphatic rings. The number of ether oxygens (including phenoxy) is 2. The van der Waals surface area contributed by atoms with E-state index in [-0.39, 0.29) is 17.6 Å². The number of carbonyl (C=O) groups is 1. The van der Waals surface area contributed by atoms with Gasteiger partial charge in [0, 0.05) is 16.8 Å². The molecule has 136 valence electrons. The quantitative estimate of drug-likeness (QED) is 0.563. The molecule has 0 spiro atoms. The highest BCUT2D eigenvalue weighted by Crippen LogP contribution is 2.30. The first-order chi connectivity index (χ1) is 13.2. The minimum absolute atomic E-state index is 0.0432. The largest absolute Gasteiger partial charge is 0.481 e. The first-order valence-corrected chi connectivity index (χ1v) is 8.77. The molecule has 8 nitrogen and oxygen atoms in total. The molecule has 4 rings (SSSR count). The fourth-order valence-corrected chi connectivity index (χ4v) is 3.12. The van der Waals surface area contributed by atoms with E-state index in [0.29, 0.717) is 16.6 Å². The fourth-order valence-electron chi connectivity index (χ4n) is 2.43. The number of benzene rings is 1. The molecular weight excluding hydrogens is 368 g/mol. The van der Waals surface area contributed by atoms with Gasteiger partial charge in [-0.15, -0.1) is 11.3 Å². The van der Waals surface area contributed by atoms with Gasteiger partial charge in [-0.2, -0.15) is 9.97 Å². The van der Waals surface area contributed by atoms with Crippen LogP contribution in [-0.2, 0) is 0 Å². The molecule has 1 N–H and O–H groups in total. The zero-order chi connectivity index (χ0) is 18.8. The van der Waals surface area contributed by atoms with E-state index in [1.165, 1.54) is 31.6 Å². The van der Waals surface area contributed by atoms with Crippen molar-refractivity contribution in [2.75, 3.05) is 19.5 Å². The lowest BCUT2D eigenvalue weighted by molar-refractivity contribution is 0.102. The van der Waals surface area contributed by atoms with Crippen LogP contribution < -0.4 is 14.8 Å². The standard InChI is InChI=1S/C18H14N4O4S/c1-24-15-8-11(19-17(21-15)25-2)16(23)22-18-20-12(9-27-18)14-7-10-5-3-4-6-13(10)26-14/h3-9H,1-2H3,(H,20,22,23). The normalized spacial score (nSPS) is 10.7. The fraction of sp³-hybridized carbons (Fsp3) is 0.111. The van der Waals surface area contributed by atoms with Crippen molar-refractivity contribution in [3.8, 4) is 23.3 Å². The number of amides is 1. The number of nitrogens with zero attached hydrogens (tertiary/aromatic N) is 3. The lowest BCUT2D eigenvalue weighted by Gasteiger charge is -2.05. The van der Waals surface area contributed by atoms with Crippen molar-refractivity contribution in [3.63, 3.8) is 0 Å². The number of hydrogen-bond acceptors (Lipinski definition) is 8. The second-order valence-electron chi connectivity index (χ2n) is 5.42. The van der Waals surface area contributed by atoms with Crippen LogP contribution in [0.5, 0.6) is 11.9 Å². The molecule has 0 aliphatic heterocycles. The van der Waals surface area contributed by atoms with E-state index in [9.17, 15) is 4.79 Å². The number of thiazole rings is 1. The second kappa shape index (κ2) is 7.04. The number of furan rings is 1. The van der Waals surface area contributed by atoms with Crippen LogP contribution in [-0.4, -0.2) is 35.1 Å². The average molecular weight is 382 g/mol. The van der Waals surface area contributed by atoms with Gasteiger partial charge in [0.15, 0.2) is 10.9 Å². The molecule has 27 heavy (non-hydrogen) atoms. The van der Waals surface area contributed by atoms with Crippen LogP contribution in [0.25, 0.3) is 22.4 Å². The Morgan fingerprint density at radius 3 is 2.74 bits per heavy atom. The summed E-state index contributed by atoms with van der Waals surface area (Å²) in [5.74, 6) is 0.423. The van der Waals surface area contributed by atoms with Crippen LogP contribution in [0, 0.1) is 0 Å². The topological polar surface area (TPSA) is 99.4 Å². The van der Waals surface area contributed by atoms with E-state index in [1.807, 2.05) is 35.7 Å². The first-order valence-electron chi connectivity index (χ1n) is 7.89. The number of para-hydroxylation sites is 1. The molecule has 0 saturated carbocycles. The van der Waals surface area contributed by atoms with E-state index in [1.54, 1.807) is 0 Å². The highest BCUT2D eigenvalue weighted by atomic mass is 32.1. The Bertz CT molecular complexity index is 1070. The van der Waals surface area contributed by atoms with Gasteiger partial charge >= 0.3 is 6.01 Å². The summed E-state index contributed by atoms with van der Waals surface area (Å²) in [7, 11) is 2.86. The number of hydrogen-bond donors (Lipinski definition) is 1. The highest BCUT2D eigenvalue weighted by Gasteiger charge is 2.16. The lowest BCUT2D eigenvalue weighted by atomic mass is 10.2. The zero-order valence-corrected chi connectivity index (χ0v) is 15.2. The summed E-state index contributed by atoms with van der Waals surface area (Å²) in [4.78, 5) is 24.9. The van der Waals surface area contributed by atoms with Crippen LogP contribution in [0.4, 0.5) is 5.13 Å². The Balaban J connectivity index is 1.56. The molecule has 4 aromatic rings. The number of methoxy groups -OCH3 is 2. The van der Waals surface area contributed by atoms with Crippen molar-refractivity contribution in [1.82, 2.24) is 15.0 Å². The summed E-state index contributed by atoms with van der Waals surface area (Å²) >= 11 is 1.29. The molecule has 1 amide bonds. The number of aromatic nitrogens is 3.